The molecule has 1 aromatic rings. The van der Waals surface area contributed by atoms with E-state index in [0.717, 1.165) is 6.07 Å². The van der Waals surface area contributed by atoms with Crippen LogP contribution in [-0.4, -0.2) is 44.6 Å². The SMILES string of the molecule is COCCOCCCOCc1ccc(F)cc1C(=O)O. The van der Waals surface area contributed by atoms with Crippen LogP contribution in [0.4, 0.5) is 4.39 Å². The fraction of sp³-hybridized carbons (Fsp3) is 0.500. The molecule has 0 aliphatic heterocycles. The maximum Gasteiger partial charge on any atom is 0.336 e. The molecule has 0 amide bonds. The molecule has 0 saturated carbocycles. The summed E-state index contributed by atoms with van der Waals surface area (Å²) in [7, 11) is 1.61. The zero-order valence-electron chi connectivity index (χ0n) is 11.4. The number of carbonyl (C=O) groups is 1. The van der Waals surface area contributed by atoms with Crippen molar-refractivity contribution in [3.63, 3.8) is 0 Å². The normalized spacial score (nSPS) is 10.7. The van der Waals surface area contributed by atoms with Crippen molar-refractivity contribution in [3.8, 4) is 0 Å². The molecule has 1 N–H and O–H groups in total. The average Bonchev–Trinajstić information content (AvgIpc) is 2.43. The predicted molar refractivity (Wildman–Crippen MR) is 70.3 cm³/mol. The van der Waals surface area contributed by atoms with Crippen molar-refractivity contribution in [2.45, 2.75) is 13.0 Å². The van der Waals surface area contributed by atoms with Crippen LogP contribution in [-0.2, 0) is 20.8 Å². The van der Waals surface area contributed by atoms with Gasteiger partial charge in [-0.2, -0.15) is 0 Å². The highest BCUT2D eigenvalue weighted by atomic mass is 19.1. The van der Waals surface area contributed by atoms with Crippen LogP contribution in [0.5, 0.6) is 0 Å². The molecule has 5 nitrogen and oxygen atoms in total. The number of rotatable bonds is 10. The van der Waals surface area contributed by atoms with Gasteiger partial charge in [-0.1, -0.05) is 6.07 Å². The second-order valence-electron chi connectivity index (χ2n) is 4.12. The Morgan fingerprint density at radius 2 is 1.95 bits per heavy atom. The molecule has 0 bridgehead atoms. The standard InChI is InChI=1S/C14H19FO5/c1-18-7-8-19-5-2-6-20-10-11-3-4-12(15)9-13(11)14(16)17/h3-4,9H,2,5-8,10H2,1H3,(H,16,17). The lowest BCUT2D eigenvalue weighted by Crippen LogP contribution is -2.08. The number of methoxy groups -OCH3 is 1. The van der Waals surface area contributed by atoms with E-state index in [0.29, 0.717) is 38.4 Å². The summed E-state index contributed by atoms with van der Waals surface area (Å²) >= 11 is 0. The van der Waals surface area contributed by atoms with Crippen LogP contribution in [0.3, 0.4) is 0 Å². The molecule has 0 aliphatic rings. The van der Waals surface area contributed by atoms with E-state index < -0.39 is 11.8 Å². The van der Waals surface area contributed by atoms with Crippen LogP contribution in [0.2, 0.25) is 0 Å². The minimum atomic E-state index is -1.16. The summed E-state index contributed by atoms with van der Waals surface area (Å²) in [5, 5.41) is 8.96. The third-order valence-corrected chi connectivity index (χ3v) is 2.57. The molecule has 0 saturated heterocycles. The molecule has 0 aliphatic carbocycles. The van der Waals surface area contributed by atoms with Crippen molar-refractivity contribution in [1.82, 2.24) is 0 Å². The smallest absolute Gasteiger partial charge is 0.336 e. The van der Waals surface area contributed by atoms with Crippen molar-refractivity contribution >= 4 is 5.97 Å². The molecule has 0 atom stereocenters. The summed E-state index contributed by atoms with van der Waals surface area (Å²) in [4.78, 5) is 11.0. The van der Waals surface area contributed by atoms with Crippen LogP contribution in [0.25, 0.3) is 0 Å². The van der Waals surface area contributed by atoms with Gasteiger partial charge in [-0.05, 0) is 24.1 Å². The Bertz CT molecular complexity index is 422. The number of ether oxygens (including phenoxy) is 3. The first-order chi connectivity index (χ1) is 9.65. The third-order valence-electron chi connectivity index (χ3n) is 2.57. The topological polar surface area (TPSA) is 65.0 Å². The second kappa shape index (κ2) is 9.41. The van der Waals surface area contributed by atoms with Crippen LogP contribution in [0.15, 0.2) is 18.2 Å². The number of hydrogen-bond donors (Lipinski definition) is 1. The first-order valence-corrected chi connectivity index (χ1v) is 6.31. The Labute approximate surface area is 117 Å². The minimum absolute atomic E-state index is 0.0682. The molecular weight excluding hydrogens is 267 g/mol. The molecule has 0 radical (unpaired) electrons. The number of carboxylic acids is 1. The van der Waals surface area contributed by atoms with E-state index in [1.807, 2.05) is 0 Å². The molecule has 112 valence electrons. The number of aromatic carboxylic acids is 1. The lowest BCUT2D eigenvalue weighted by atomic mass is 10.1. The van der Waals surface area contributed by atoms with Gasteiger partial charge in [0.25, 0.3) is 0 Å². The number of hydrogen-bond acceptors (Lipinski definition) is 4. The second-order valence-corrected chi connectivity index (χ2v) is 4.12. The maximum atomic E-state index is 13.0. The molecule has 0 fully saturated rings. The van der Waals surface area contributed by atoms with Crippen LogP contribution >= 0.6 is 0 Å². The van der Waals surface area contributed by atoms with Gasteiger partial charge in [0.15, 0.2) is 0 Å². The Morgan fingerprint density at radius 1 is 1.20 bits per heavy atom. The van der Waals surface area contributed by atoms with E-state index in [-0.39, 0.29) is 12.2 Å². The van der Waals surface area contributed by atoms with E-state index in [2.05, 4.69) is 0 Å². The van der Waals surface area contributed by atoms with Crippen LogP contribution < -0.4 is 0 Å². The zero-order chi connectivity index (χ0) is 14.8. The summed E-state index contributed by atoms with van der Waals surface area (Å²) in [6, 6.07) is 3.64. The highest BCUT2D eigenvalue weighted by molar-refractivity contribution is 5.89. The lowest BCUT2D eigenvalue weighted by molar-refractivity contribution is 0.0478. The van der Waals surface area contributed by atoms with Crippen molar-refractivity contribution in [3.05, 3.63) is 35.1 Å². The van der Waals surface area contributed by atoms with Gasteiger partial charge in [0.1, 0.15) is 5.82 Å². The monoisotopic (exact) mass is 286 g/mol. The van der Waals surface area contributed by atoms with Gasteiger partial charge < -0.3 is 19.3 Å². The van der Waals surface area contributed by atoms with Gasteiger partial charge in [-0.3, -0.25) is 0 Å². The van der Waals surface area contributed by atoms with E-state index >= 15 is 0 Å². The van der Waals surface area contributed by atoms with Crippen LogP contribution in [0, 0.1) is 5.82 Å². The number of halogens is 1. The molecule has 1 rings (SSSR count). The van der Waals surface area contributed by atoms with Gasteiger partial charge in [-0.25, -0.2) is 9.18 Å². The number of carboxylic acid groups (broad SMARTS) is 1. The highest BCUT2D eigenvalue weighted by Crippen LogP contribution is 2.12. The lowest BCUT2D eigenvalue weighted by Gasteiger charge is -2.08. The zero-order valence-corrected chi connectivity index (χ0v) is 11.4. The van der Waals surface area contributed by atoms with Crippen LogP contribution in [0.1, 0.15) is 22.3 Å². The quantitative estimate of drug-likeness (QED) is 0.667. The van der Waals surface area contributed by atoms with E-state index in [9.17, 15) is 9.18 Å². The minimum Gasteiger partial charge on any atom is -0.478 e. The molecule has 0 aromatic heterocycles. The van der Waals surface area contributed by atoms with Gasteiger partial charge >= 0.3 is 5.97 Å². The summed E-state index contributed by atoms with van der Waals surface area (Å²) in [5.74, 6) is -1.73. The highest BCUT2D eigenvalue weighted by Gasteiger charge is 2.11. The van der Waals surface area contributed by atoms with E-state index in [1.54, 1.807) is 7.11 Å². The molecule has 0 spiro atoms. The Morgan fingerprint density at radius 3 is 2.65 bits per heavy atom. The van der Waals surface area contributed by atoms with Crippen molar-refractivity contribution in [2.75, 3.05) is 33.5 Å². The molecule has 20 heavy (non-hydrogen) atoms. The van der Waals surface area contributed by atoms with Gasteiger partial charge in [-0.15, -0.1) is 0 Å². The third kappa shape index (κ3) is 6.10. The van der Waals surface area contributed by atoms with Gasteiger partial charge in [0.05, 0.1) is 25.4 Å². The Balaban J connectivity index is 2.27. The summed E-state index contributed by atoms with van der Waals surface area (Å²) in [6.45, 7) is 2.23. The van der Waals surface area contributed by atoms with Gasteiger partial charge in [0.2, 0.25) is 0 Å². The van der Waals surface area contributed by atoms with Crippen molar-refractivity contribution in [2.24, 2.45) is 0 Å². The van der Waals surface area contributed by atoms with Gasteiger partial charge in [0, 0.05) is 20.3 Å². The molecule has 1 aromatic carbocycles. The largest absolute Gasteiger partial charge is 0.478 e. The van der Waals surface area contributed by atoms with E-state index in [1.165, 1.54) is 12.1 Å². The Kier molecular flexibility index (Phi) is 7.79. The van der Waals surface area contributed by atoms with Crippen molar-refractivity contribution in [1.29, 1.82) is 0 Å². The fourth-order valence-electron chi connectivity index (χ4n) is 1.56. The Hall–Kier alpha value is -1.50. The maximum absolute atomic E-state index is 13.0. The summed E-state index contributed by atoms with van der Waals surface area (Å²) in [6.07, 6.45) is 0.702. The molecule has 0 heterocycles. The fourth-order valence-corrected chi connectivity index (χ4v) is 1.56. The average molecular weight is 286 g/mol. The van der Waals surface area contributed by atoms with E-state index in [4.69, 9.17) is 19.3 Å². The molecular formula is C14H19FO5. The molecule has 6 heteroatoms. The predicted octanol–water partition coefficient (Wildman–Crippen LogP) is 2.09. The summed E-state index contributed by atoms with van der Waals surface area (Å²) in [5.41, 5.74) is 0.389. The summed E-state index contributed by atoms with van der Waals surface area (Å²) < 4.78 is 28.4. The molecule has 0 unspecified atom stereocenters. The first-order valence-electron chi connectivity index (χ1n) is 6.31. The first kappa shape index (κ1) is 16.6. The van der Waals surface area contributed by atoms with Crippen molar-refractivity contribution < 1.29 is 28.5 Å². The number of benzene rings is 1.